The summed E-state index contributed by atoms with van der Waals surface area (Å²) >= 11 is 0. The number of methoxy groups -OCH3 is 2. The van der Waals surface area contributed by atoms with Gasteiger partial charge in [0.25, 0.3) is 11.8 Å². The minimum atomic E-state index is -0.860. The molecule has 3 unspecified atom stereocenters. The summed E-state index contributed by atoms with van der Waals surface area (Å²) < 4.78 is 23.6. The Kier molecular flexibility index (Phi) is 11.8. The highest BCUT2D eigenvalue weighted by molar-refractivity contribution is 6.02. The summed E-state index contributed by atoms with van der Waals surface area (Å²) in [6, 6.07) is 6.84. The molecule has 3 atom stereocenters. The summed E-state index contributed by atoms with van der Waals surface area (Å²) in [6.45, 7) is 13.0. The number of unbranched alkanes of at least 4 members (excludes halogenated alkanes) is 2. The number of hydrogen-bond acceptors (Lipinski definition) is 8. The molecule has 5 rings (SSSR count). The molecule has 2 aromatic rings. The number of allylic oxidation sites excluding steroid dienone is 1. The largest absolute Gasteiger partial charge is 0.493 e. The van der Waals surface area contributed by atoms with Gasteiger partial charge in [0.2, 0.25) is 0 Å². The van der Waals surface area contributed by atoms with Crippen molar-refractivity contribution in [3.8, 4) is 23.0 Å². The Bertz CT molecular complexity index is 1660. The van der Waals surface area contributed by atoms with Crippen molar-refractivity contribution in [3.05, 3.63) is 76.7 Å². The van der Waals surface area contributed by atoms with Crippen LogP contribution in [0.15, 0.2) is 60.0 Å². The van der Waals surface area contributed by atoms with E-state index in [4.69, 9.17) is 18.9 Å². The van der Waals surface area contributed by atoms with E-state index in [1.54, 1.807) is 31.3 Å². The van der Waals surface area contributed by atoms with Crippen molar-refractivity contribution in [3.63, 3.8) is 0 Å². The van der Waals surface area contributed by atoms with E-state index in [9.17, 15) is 14.7 Å². The summed E-state index contributed by atoms with van der Waals surface area (Å²) in [4.78, 5) is 32.6. The van der Waals surface area contributed by atoms with Gasteiger partial charge in [0.15, 0.2) is 23.0 Å². The lowest BCUT2D eigenvalue weighted by Crippen LogP contribution is -2.50. The predicted octanol–water partition coefficient (Wildman–Crippen LogP) is 7.39. The van der Waals surface area contributed by atoms with Crippen LogP contribution in [0, 0.1) is 6.92 Å². The summed E-state index contributed by atoms with van der Waals surface area (Å²) in [5, 5.41) is 11.4. The molecule has 0 spiro atoms. The van der Waals surface area contributed by atoms with E-state index in [0.29, 0.717) is 59.4 Å². The SMILES string of the molecule is CC/C=C/C1CC(C)=CN1C(=O)c1cc(OC)c(OCCCCCOc2cc3c(cc2OC)C(=O)N2C=C(C)CC2C(O)N3C(C)C)cc1C. The third-order valence-electron chi connectivity index (χ3n) is 9.58. The Morgan fingerprint density at radius 2 is 1.54 bits per heavy atom. The average Bonchev–Trinajstić information content (AvgIpc) is 3.65. The van der Waals surface area contributed by atoms with Gasteiger partial charge in [0.1, 0.15) is 6.23 Å². The predicted molar refractivity (Wildman–Crippen MR) is 195 cm³/mol. The molecule has 2 aromatic carbocycles. The normalized spacial score (nSPS) is 20.2. The average molecular weight is 688 g/mol. The van der Waals surface area contributed by atoms with Crippen LogP contribution in [0.25, 0.3) is 0 Å². The van der Waals surface area contributed by atoms with E-state index in [1.807, 2.05) is 62.0 Å². The summed E-state index contributed by atoms with van der Waals surface area (Å²) in [7, 11) is 3.15. The minimum Gasteiger partial charge on any atom is -0.493 e. The van der Waals surface area contributed by atoms with Crippen LogP contribution in [-0.4, -0.2) is 78.5 Å². The van der Waals surface area contributed by atoms with Gasteiger partial charge in [-0.15, -0.1) is 0 Å². The van der Waals surface area contributed by atoms with Crippen molar-refractivity contribution in [2.75, 3.05) is 32.3 Å². The summed E-state index contributed by atoms with van der Waals surface area (Å²) in [5.41, 5.74) is 4.79. The number of aryl methyl sites for hydroxylation is 1. The lowest BCUT2D eigenvalue weighted by atomic mass is 10.0. The first-order valence-corrected chi connectivity index (χ1v) is 17.8. The number of fused-ring (bicyclic) bond motifs is 2. The Balaban J connectivity index is 1.18. The maximum Gasteiger partial charge on any atom is 0.260 e. The second-order valence-corrected chi connectivity index (χ2v) is 13.8. The molecule has 0 radical (unpaired) electrons. The molecular weight excluding hydrogens is 634 g/mol. The highest BCUT2D eigenvalue weighted by atomic mass is 16.5. The van der Waals surface area contributed by atoms with E-state index < -0.39 is 6.23 Å². The number of hydrogen-bond donors (Lipinski definition) is 1. The van der Waals surface area contributed by atoms with Crippen LogP contribution in [0.4, 0.5) is 5.69 Å². The van der Waals surface area contributed by atoms with E-state index in [2.05, 4.69) is 26.0 Å². The highest BCUT2D eigenvalue weighted by Gasteiger charge is 2.43. The lowest BCUT2D eigenvalue weighted by Gasteiger charge is -2.36. The van der Waals surface area contributed by atoms with Gasteiger partial charge in [0.05, 0.1) is 50.8 Å². The van der Waals surface area contributed by atoms with Crippen LogP contribution in [0.5, 0.6) is 23.0 Å². The van der Waals surface area contributed by atoms with E-state index in [0.717, 1.165) is 43.2 Å². The van der Waals surface area contributed by atoms with Crippen LogP contribution in [0.1, 0.15) is 99.4 Å². The van der Waals surface area contributed by atoms with Crippen LogP contribution >= 0.6 is 0 Å². The zero-order valence-electron chi connectivity index (χ0n) is 30.8. The number of carbonyl (C=O) groups is 2. The number of aliphatic hydroxyl groups is 1. The molecule has 0 saturated heterocycles. The smallest absolute Gasteiger partial charge is 0.260 e. The number of amides is 2. The summed E-state index contributed by atoms with van der Waals surface area (Å²) in [6.07, 6.45) is 12.0. The van der Waals surface area contributed by atoms with Crippen molar-refractivity contribution < 1.29 is 33.6 Å². The molecule has 50 heavy (non-hydrogen) atoms. The van der Waals surface area contributed by atoms with Crippen molar-refractivity contribution in [1.82, 2.24) is 9.80 Å². The Hall–Kier alpha value is -4.44. The topological polar surface area (TPSA) is 101 Å². The maximum atomic E-state index is 13.6. The number of carbonyl (C=O) groups excluding carboxylic acids is 2. The van der Waals surface area contributed by atoms with Gasteiger partial charge in [0, 0.05) is 30.1 Å². The second kappa shape index (κ2) is 16.1. The Morgan fingerprint density at radius 1 is 0.900 bits per heavy atom. The molecule has 3 aliphatic rings. The van der Waals surface area contributed by atoms with E-state index in [-0.39, 0.29) is 29.9 Å². The molecule has 0 aromatic heterocycles. The van der Waals surface area contributed by atoms with Gasteiger partial charge in [-0.2, -0.15) is 0 Å². The van der Waals surface area contributed by atoms with Crippen LogP contribution in [0.3, 0.4) is 0 Å². The number of ether oxygens (including phenoxy) is 4. The fourth-order valence-electron chi connectivity index (χ4n) is 7.06. The fourth-order valence-corrected chi connectivity index (χ4v) is 7.06. The molecule has 10 heteroatoms. The molecule has 3 heterocycles. The number of anilines is 1. The first-order valence-electron chi connectivity index (χ1n) is 17.8. The second-order valence-electron chi connectivity index (χ2n) is 13.8. The standard InChI is InChI=1S/C40H53N3O7/c1-9-10-14-29-17-26(4)23-41(29)38(44)30-20-34(47-7)36(19-28(30)6)49-15-12-11-13-16-50-37-22-32-31(21-35(37)48-8)39(45)42-24-27(5)18-33(42)40(46)43(32)25(2)3/h10,14,19-25,29,33,40,46H,9,11-13,15-18H2,1-8H3/b14-10+. The van der Waals surface area contributed by atoms with Crippen molar-refractivity contribution in [2.24, 2.45) is 0 Å². The monoisotopic (exact) mass is 687 g/mol. The molecule has 10 nitrogen and oxygen atoms in total. The lowest BCUT2D eigenvalue weighted by molar-refractivity contribution is 0.0560. The van der Waals surface area contributed by atoms with Gasteiger partial charge in [-0.05, 0) is 96.9 Å². The van der Waals surface area contributed by atoms with Crippen molar-refractivity contribution in [1.29, 1.82) is 0 Å². The van der Waals surface area contributed by atoms with Gasteiger partial charge in [-0.25, -0.2) is 0 Å². The first kappa shape index (κ1) is 36.8. The third-order valence-corrected chi connectivity index (χ3v) is 9.58. The minimum absolute atomic E-state index is 0.0254. The van der Waals surface area contributed by atoms with E-state index >= 15 is 0 Å². The van der Waals surface area contributed by atoms with Crippen molar-refractivity contribution >= 4 is 17.5 Å². The quantitative estimate of drug-likeness (QED) is 0.162. The maximum absolute atomic E-state index is 13.6. The van der Waals surface area contributed by atoms with Gasteiger partial charge < -0.3 is 38.8 Å². The Morgan fingerprint density at radius 3 is 2.18 bits per heavy atom. The molecule has 0 saturated carbocycles. The zero-order valence-corrected chi connectivity index (χ0v) is 30.8. The Labute approximate surface area is 296 Å². The van der Waals surface area contributed by atoms with Crippen LogP contribution in [0.2, 0.25) is 0 Å². The van der Waals surface area contributed by atoms with E-state index in [1.165, 1.54) is 5.57 Å². The third kappa shape index (κ3) is 7.65. The highest BCUT2D eigenvalue weighted by Crippen LogP contribution is 2.42. The van der Waals surface area contributed by atoms with Crippen LogP contribution in [-0.2, 0) is 0 Å². The van der Waals surface area contributed by atoms with Crippen molar-refractivity contribution in [2.45, 2.75) is 104 Å². The molecular formula is C40H53N3O7. The van der Waals surface area contributed by atoms with Gasteiger partial charge >= 0.3 is 0 Å². The number of nitrogens with zero attached hydrogens (tertiary/aromatic N) is 3. The molecule has 0 bridgehead atoms. The van der Waals surface area contributed by atoms with Crippen LogP contribution < -0.4 is 23.8 Å². The van der Waals surface area contributed by atoms with Gasteiger partial charge in [-0.1, -0.05) is 30.2 Å². The molecule has 2 amide bonds. The molecule has 3 aliphatic heterocycles. The molecule has 270 valence electrons. The first-order chi connectivity index (χ1) is 24.0. The fraction of sp³-hybridized carbons (Fsp3) is 0.500. The van der Waals surface area contributed by atoms with Gasteiger partial charge in [-0.3, -0.25) is 9.59 Å². The summed E-state index contributed by atoms with van der Waals surface area (Å²) in [5.74, 6) is 1.95. The molecule has 1 N–H and O–H groups in total. The number of aliphatic hydroxyl groups excluding tert-OH is 1. The number of benzene rings is 2. The zero-order chi connectivity index (χ0) is 36.1. The molecule has 0 fully saturated rings. The number of rotatable bonds is 14. The molecule has 0 aliphatic carbocycles.